The lowest BCUT2D eigenvalue weighted by Gasteiger charge is -2.22. The predicted octanol–water partition coefficient (Wildman–Crippen LogP) is 5.83. The quantitative estimate of drug-likeness (QED) is 0.585. The van der Waals surface area contributed by atoms with Crippen LogP contribution in [0.1, 0.15) is 22.2 Å². The van der Waals surface area contributed by atoms with Crippen molar-refractivity contribution in [2.75, 3.05) is 5.01 Å². The highest BCUT2D eigenvalue weighted by molar-refractivity contribution is 7.10. The van der Waals surface area contributed by atoms with E-state index in [9.17, 15) is 0 Å². The molecule has 4 heteroatoms. The number of hydrogen-bond acceptors (Lipinski definition) is 4. The van der Waals surface area contributed by atoms with Crippen LogP contribution >= 0.6 is 22.7 Å². The predicted molar refractivity (Wildman–Crippen MR) is 101 cm³/mol. The molecule has 23 heavy (non-hydrogen) atoms. The Labute approximate surface area is 144 Å². The molecule has 0 aliphatic carbocycles. The largest absolute Gasteiger partial charge is 0.257 e. The maximum atomic E-state index is 4.87. The highest BCUT2D eigenvalue weighted by Crippen LogP contribution is 2.37. The summed E-state index contributed by atoms with van der Waals surface area (Å²) in [5, 5.41) is 11.3. The second kappa shape index (κ2) is 6.52. The highest BCUT2D eigenvalue weighted by atomic mass is 32.1. The van der Waals surface area contributed by atoms with Crippen LogP contribution in [0.25, 0.3) is 6.08 Å². The van der Waals surface area contributed by atoms with Gasteiger partial charge in [0.2, 0.25) is 0 Å². The highest BCUT2D eigenvalue weighted by Gasteiger charge is 2.28. The Morgan fingerprint density at radius 3 is 2.48 bits per heavy atom. The van der Waals surface area contributed by atoms with Crippen molar-refractivity contribution in [1.82, 2.24) is 0 Å². The molecule has 0 saturated carbocycles. The molecular formula is C19H16N2S2. The Hall–Kier alpha value is -2.17. The van der Waals surface area contributed by atoms with Gasteiger partial charge in [0.25, 0.3) is 0 Å². The van der Waals surface area contributed by atoms with Gasteiger partial charge in [-0.15, -0.1) is 22.7 Å². The van der Waals surface area contributed by atoms with E-state index >= 15 is 0 Å². The van der Waals surface area contributed by atoms with E-state index in [-0.39, 0.29) is 0 Å². The van der Waals surface area contributed by atoms with E-state index in [1.807, 2.05) is 6.07 Å². The van der Waals surface area contributed by atoms with Crippen LogP contribution in [0, 0.1) is 0 Å². The first kappa shape index (κ1) is 14.4. The maximum Gasteiger partial charge on any atom is 0.0923 e. The van der Waals surface area contributed by atoms with Crippen LogP contribution in [0.15, 0.2) is 76.5 Å². The molecule has 0 N–H and O–H groups in total. The summed E-state index contributed by atoms with van der Waals surface area (Å²) >= 11 is 3.55. The van der Waals surface area contributed by atoms with Gasteiger partial charge < -0.3 is 0 Å². The first-order valence-electron chi connectivity index (χ1n) is 7.57. The van der Waals surface area contributed by atoms with Crippen molar-refractivity contribution in [3.63, 3.8) is 0 Å². The number of benzene rings is 1. The van der Waals surface area contributed by atoms with Crippen molar-refractivity contribution in [2.45, 2.75) is 12.5 Å². The summed E-state index contributed by atoms with van der Waals surface area (Å²) < 4.78 is 0. The molecule has 0 radical (unpaired) electrons. The van der Waals surface area contributed by atoms with Crippen LogP contribution in [0.4, 0.5) is 5.69 Å². The lowest BCUT2D eigenvalue weighted by molar-refractivity contribution is 0.722. The first-order valence-corrected chi connectivity index (χ1v) is 9.33. The molecule has 2 nitrogen and oxygen atoms in total. The van der Waals surface area contributed by atoms with Gasteiger partial charge in [-0.25, -0.2) is 0 Å². The zero-order valence-electron chi connectivity index (χ0n) is 12.5. The summed E-state index contributed by atoms with van der Waals surface area (Å²) in [6, 6.07) is 19.2. The fourth-order valence-electron chi connectivity index (χ4n) is 2.72. The number of rotatable bonds is 4. The van der Waals surface area contributed by atoms with E-state index in [1.54, 1.807) is 22.7 Å². The molecule has 3 aromatic rings. The van der Waals surface area contributed by atoms with Crippen LogP contribution in [0.5, 0.6) is 0 Å². The molecule has 0 saturated heterocycles. The van der Waals surface area contributed by atoms with Gasteiger partial charge in [-0.2, -0.15) is 5.10 Å². The molecule has 0 bridgehead atoms. The SMILES string of the molecule is C(=C\c1cccs1)/C1=NN(c2ccccc2)[C@@H](c2cccs2)C1. The minimum absolute atomic E-state index is 0.292. The molecule has 1 aromatic carbocycles. The molecule has 114 valence electrons. The monoisotopic (exact) mass is 336 g/mol. The molecule has 3 heterocycles. The lowest BCUT2D eigenvalue weighted by atomic mass is 10.1. The first-order chi connectivity index (χ1) is 11.4. The van der Waals surface area contributed by atoms with E-state index in [1.165, 1.54) is 9.75 Å². The van der Waals surface area contributed by atoms with Crippen LogP contribution in [-0.4, -0.2) is 5.71 Å². The average molecular weight is 336 g/mol. The van der Waals surface area contributed by atoms with Gasteiger partial charge >= 0.3 is 0 Å². The number of hydrogen-bond donors (Lipinski definition) is 0. The molecule has 0 amide bonds. The van der Waals surface area contributed by atoms with E-state index in [2.05, 4.69) is 76.5 Å². The zero-order valence-corrected chi connectivity index (χ0v) is 14.1. The standard InChI is InChI=1S/C19H16N2S2/c1-2-6-16(7-3-1)21-18(19-9-5-13-23-19)14-15(20-21)10-11-17-8-4-12-22-17/h1-13,18H,14H2/b11-10+/t18-/m1/s1. The molecule has 0 unspecified atom stereocenters. The molecule has 1 aliphatic rings. The fraction of sp³-hybridized carbons (Fsp3) is 0.105. The van der Waals surface area contributed by atoms with Crippen molar-refractivity contribution in [2.24, 2.45) is 5.10 Å². The van der Waals surface area contributed by atoms with Gasteiger partial charge in [0, 0.05) is 16.2 Å². The van der Waals surface area contributed by atoms with E-state index in [0.29, 0.717) is 6.04 Å². The van der Waals surface area contributed by atoms with E-state index in [4.69, 9.17) is 5.10 Å². The normalized spacial score (nSPS) is 17.8. The van der Waals surface area contributed by atoms with Crippen LogP contribution in [0.3, 0.4) is 0 Å². The zero-order chi connectivity index (χ0) is 15.5. The molecule has 4 rings (SSSR count). The fourth-order valence-corrected chi connectivity index (χ4v) is 4.15. The van der Waals surface area contributed by atoms with E-state index < -0.39 is 0 Å². The number of allylic oxidation sites excluding steroid dienone is 1. The van der Waals surface area contributed by atoms with Crippen LogP contribution in [-0.2, 0) is 0 Å². The smallest absolute Gasteiger partial charge is 0.0923 e. The van der Waals surface area contributed by atoms with Gasteiger partial charge in [0.15, 0.2) is 0 Å². The minimum atomic E-state index is 0.292. The van der Waals surface area contributed by atoms with Crippen molar-refractivity contribution < 1.29 is 0 Å². The van der Waals surface area contributed by atoms with Gasteiger partial charge in [0.1, 0.15) is 0 Å². The second-order valence-corrected chi connectivity index (χ2v) is 7.31. The third kappa shape index (κ3) is 3.14. The van der Waals surface area contributed by atoms with Crippen molar-refractivity contribution in [1.29, 1.82) is 0 Å². The topological polar surface area (TPSA) is 15.6 Å². The molecule has 2 aromatic heterocycles. The van der Waals surface area contributed by atoms with Crippen molar-refractivity contribution in [3.8, 4) is 0 Å². The second-order valence-electron chi connectivity index (χ2n) is 5.36. The van der Waals surface area contributed by atoms with Crippen molar-refractivity contribution >= 4 is 40.1 Å². The Kier molecular flexibility index (Phi) is 4.09. The Balaban J connectivity index is 1.64. The summed E-state index contributed by atoms with van der Waals surface area (Å²) in [7, 11) is 0. The third-order valence-corrected chi connectivity index (χ3v) is 5.62. The number of thiophene rings is 2. The summed E-state index contributed by atoms with van der Waals surface area (Å²) in [6.45, 7) is 0. The van der Waals surface area contributed by atoms with Gasteiger partial charge in [-0.3, -0.25) is 5.01 Å². The number of anilines is 1. The van der Waals surface area contributed by atoms with Crippen LogP contribution < -0.4 is 5.01 Å². The molecule has 1 atom stereocenters. The number of para-hydroxylation sites is 1. The Morgan fingerprint density at radius 2 is 1.74 bits per heavy atom. The van der Waals surface area contributed by atoms with E-state index in [0.717, 1.165) is 17.8 Å². The Bertz CT molecular complexity index is 802. The summed E-state index contributed by atoms with van der Waals surface area (Å²) in [5.41, 5.74) is 2.27. The summed E-state index contributed by atoms with van der Waals surface area (Å²) in [4.78, 5) is 2.62. The average Bonchev–Trinajstić information content (AvgIpc) is 3.33. The summed E-state index contributed by atoms with van der Waals surface area (Å²) in [6.07, 6.45) is 5.25. The molecule has 0 fully saturated rings. The van der Waals surface area contributed by atoms with Gasteiger partial charge in [0.05, 0.1) is 17.4 Å². The van der Waals surface area contributed by atoms with Gasteiger partial charge in [-0.1, -0.05) is 30.3 Å². The summed E-state index contributed by atoms with van der Waals surface area (Å²) in [5.74, 6) is 0. The van der Waals surface area contributed by atoms with Gasteiger partial charge in [-0.05, 0) is 47.2 Å². The molecule has 1 aliphatic heterocycles. The third-order valence-electron chi connectivity index (χ3n) is 3.81. The lowest BCUT2D eigenvalue weighted by Crippen LogP contribution is -2.17. The Morgan fingerprint density at radius 1 is 0.913 bits per heavy atom. The molecular weight excluding hydrogens is 320 g/mol. The maximum absolute atomic E-state index is 4.87. The van der Waals surface area contributed by atoms with Crippen molar-refractivity contribution in [3.05, 3.63) is 81.2 Å². The number of nitrogens with zero attached hydrogens (tertiary/aromatic N) is 2. The number of hydrazone groups is 1. The molecule has 0 spiro atoms. The van der Waals surface area contributed by atoms with Crippen LogP contribution in [0.2, 0.25) is 0 Å². The minimum Gasteiger partial charge on any atom is -0.257 e.